The smallest absolute Gasteiger partial charge is 0.326 e. The van der Waals surface area contributed by atoms with Gasteiger partial charge in [-0.2, -0.15) is 0 Å². The summed E-state index contributed by atoms with van der Waals surface area (Å²) in [5.41, 5.74) is 1.50. The zero-order valence-corrected chi connectivity index (χ0v) is 17.0. The lowest BCUT2D eigenvalue weighted by molar-refractivity contribution is -0.384. The number of para-hydroxylation sites is 2. The fraction of sp³-hybridized carbons (Fsp3) is 0.333. The first-order valence-electron chi connectivity index (χ1n) is 10.00. The lowest BCUT2D eigenvalue weighted by Gasteiger charge is -2.32. The number of nitro groups is 1. The molecule has 162 valence electrons. The van der Waals surface area contributed by atoms with Gasteiger partial charge in [-0.25, -0.2) is 4.79 Å². The fourth-order valence-electron chi connectivity index (χ4n) is 4.06. The molecule has 10 heteroatoms. The van der Waals surface area contributed by atoms with Crippen molar-refractivity contribution < 1.29 is 14.5 Å². The largest absolute Gasteiger partial charge is 0.496 e. The fourth-order valence-corrected chi connectivity index (χ4v) is 4.06. The topological polar surface area (TPSA) is 122 Å². The van der Waals surface area contributed by atoms with Crippen molar-refractivity contribution in [2.45, 2.75) is 18.9 Å². The van der Waals surface area contributed by atoms with Gasteiger partial charge < -0.3 is 15.0 Å². The molecular formula is C21H23N5O5. The van der Waals surface area contributed by atoms with E-state index in [9.17, 15) is 19.7 Å². The van der Waals surface area contributed by atoms with Gasteiger partial charge in [0.05, 0.1) is 35.7 Å². The Morgan fingerprint density at radius 2 is 2.00 bits per heavy atom. The van der Waals surface area contributed by atoms with Crippen LogP contribution in [0.25, 0.3) is 11.0 Å². The Labute approximate surface area is 177 Å². The van der Waals surface area contributed by atoms with Crippen LogP contribution in [0.3, 0.4) is 0 Å². The molecule has 1 aliphatic rings. The number of hydrogen-bond donors (Lipinski definition) is 2. The highest BCUT2D eigenvalue weighted by molar-refractivity contribution is 5.94. The van der Waals surface area contributed by atoms with E-state index in [4.69, 9.17) is 4.74 Å². The molecule has 3 aromatic rings. The van der Waals surface area contributed by atoms with E-state index in [0.717, 1.165) is 23.9 Å². The lowest BCUT2D eigenvalue weighted by Crippen LogP contribution is -2.41. The number of methoxy groups -OCH3 is 1. The number of carbonyl (C=O) groups is 1. The molecule has 1 aliphatic heterocycles. The number of aromatic amines is 1. The van der Waals surface area contributed by atoms with E-state index in [1.54, 1.807) is 10.6 Å². The number of ether oxygens (including phenoxy) is 1. The molecule has 0 bridgehead atoms. The third-order valence-corrected chi connectivity index (χ3v) is 5.59. The number of nitrogens with one attached hydrogen (secondary N) is 2. The van der Waals surface area contributed by atoms with E-state index < -0.39 is 4.92 Å². The van der Waals surface area contributed by atoms with Gasteiger partial charge in [-0.1, -0.05) is 12.1 Å². The van der Waals surface area contributed by atoms with Crippen LogP contribution in [0.15, 0.2) is 47.3 Å². The number of hydrogen-bond acceptors (Lipinski definition) is 6. The Bertz CT molecular complexity index is 1180. The van der Waals surface area contributed by atoms with Crippen molar-refractivity contribution >= 4 is 28.3 Å². The second kappa shape index (κ2) is 8.60. The molecule has 4 rings (SSSR count). The average molecular weight is 425 g/mol. The summed E-state index contributed by atoms with van der Waals surface area (Å²) >= 11 is 0. The predicted molar refractivity (Wildman–Crippen MR) is 116 cm³/mol. The van der Waals surface area contributed by atoms with Crippen molar-refractivity contribution in [3.05, 3.63) is 63.1 Å². The van der Waals surface area contributed by atoms with Crippen molar-refractivity contribution in [3.63, 3.8) is 0 Å². The Hall–Kier alpha value is -3.66. The monoisotopic (exact) mass is 425 g/mol. The van der Waals surface area contributed by atoms with Crippen molar-refractivity contribution in [3.8, 4) is 5.75 Å². The number of imidazole rings is 1. The highest BCUT2D eigenvalue weighted by Gasteiger charge is 2.25. The van der Waals surface area contributed by atoms with Gasteiger partial charge in [0.15, 0.2) is 0 Å². The minimum atomic E-state index is -0.553. The molecule has 1 amide bonds. The van der Waals surface area contributed by atoms with Crippen LogP contribution in [0.2, 0.25) is 0 Å². The number of rotatable bonds is 6. The van der Waals surface area contributed by atoms with Gasteiger partial charge in [0.1, 0.15) is 11.4 Å². The highest BCUT2D eigenvalue weighted by atomic mass is 16.6. The van der Waals surface area contributed by atoms with Crippen molar-refractivity contribution in [1.82, 2.24) is 14.5 Å². The Morgan fingerprint density at radius 3 is 2.71 bits per heavy atom. The highest BCUT2D eigenvalue weighted by Crippen LogP contribution is 2.29. The summed E-state index contributed by atoms with van der Waals surface area (Å²) in [6.45, 7) is 1.42. The van der Waals surface area contributed by atoms with Crippen molar-refractivity contribution in [2.24, 2.45) is 0 Å². The molecule has 1 saturated heterocycles. The van der Waals surface area contributed by atoms with Gasteiger partial charge in [-0.15, -0.1) is 0 Å². The third kappa shape index (κ3) is 4.29. The molecule has 0 atom stereocenters. The number of H-pyrrole nitrogens is 1. The minimum Gasteiger partial charge on any atom is -0.496 e. The number of fused-ring (bicyclic) bond motifs is 1. The zero-order valence-electron chi connectivity index (χ0n) is 17.0. The maximum Gasteiger partial charge on any atom is 0.326 e. The van der Waals surface area contributed by atoms with Gasteiger partial charge in [0.2, 0.25) is 5.91 Å². The van der Waals surface area contributed by atoms with Gasteiger partial charge in [0, 0.05) is 19.1 Å². The standard InChI is InChI=1S/C21H23N5O5/c1-31-15-6-7-17(19(12-15)26(29)30)22-20(27)13-24-10-8-14(9-11-24)25-18-5-3-2-4-16(18)23-21(25)28/h2-7,12,14H,8-11,13H2,1H3,(H,22,27)(H,23,28). The van der Waals surface area contributed by atoms with E-state index in [2.05, 4.69) is 10.3 Å². The van der Waals surface area contributed by atoms with Crippen LogP contribution in [0.4, 0.5) is 11.4 Å². The van der Waals surface area contributed by atoms with Crippen molar-refractivity contribution in [1.29, 1.82) is 0 Å². The van der Waals surface area contributed by atoms with Crippen LogP contribution in [0.5, 0.6) is 5.75 Å². The molecule has 0 radical (unpaired) electrons. The summed E-state index contributed by atoms with van der Waals surface area (Å²) in [6, 6.07) is 12.0. The van der Waals surface area contributed by atoms with E-state index in [1.165, 1.54) is 19.2 Å². The number of nitro benzene ring substituents is 1. The van der Waals surface area contributed by atoms with Crippen LogP contribution in [0.1, 0.15) is 18.9 Å². The summed E-state index contributed by atoms with van der Waals surface area (Å²) in [4.78, 5) is 40.5. The Balaban J connectivity index is 1.38. The SMILES string of the molecule is COc1ccc(NC(=O)CN2CCC(n3c(=O)[nH]c4ccccc43)CC2)c([N+](=O)[O-])c1. The molecular weight excluding hydrogens is 402 g/mol. The maximum atomic E-state index is 12.5. The normalized spacial score (nSPS) is 15.1. The number of piperidine rings is 1. The minimum absolute atomic E-state index is 0.0608. The van der Waals surface area contributed by atoms with E-state index in [-0.39, 0.29) is 35.6 Å². The van der Waals surface area contributed by atoms with Crippen LogP contribution >= 0.6 is 0 Å². The first kappa shape index (κ1) is 20.6. The first-order chi connectivity index (χ1) is 15.0. The van der Waals surface area contributed by atoms with Gasteiger partial charge in [0.25, 0.3) is 5.69 Å². The van der Waals surface area contributed by atoms with E-state index >= 15 is 0 Å². The van der Waals surface area contributed by atoms with Crippen LogP contribution < -0.4 is 15.7 Å². The second-order valence-corrected chi connectivity index (χ2v) is 7.51. The number of nitrogens with zero attached hydrogens (tertiary/aromatic N) is 3. The molecule has 2 N–H and O–H groups in total. The molecule has 2 aromatic carbocycles. The summed E-state index contributed by atoms with van der Waals surface area (Å²) in [7, 11) is 1.42. The number of likely N-dealkylation sites (tertiary alicyclic amines) is 1. The number of amides is 1. The van der Waals surface area contributed by atoms with Gasteiger partial charge in [-0.05, 0) is 37.1 Å². The van der Waals surface area contributed by atoms with E-state index in [1.807, 2.05) is 29.2 Å². The van der Waals surface area contributed by atoms with Crippen LogP contribution in [-0.2, 0) is 4.79 Å². The van der Waals surface area contributed by atoms with Gasteiger partial charge in [-0.3, -0.25) is 24.4 Å². The molecule has 1 fully saturated rings. The number of anilines is 1. The molecule has 0 unspecified atom stereocenters. The summed E-state index contributed by atoms with van der Waals surface area (Å²) < 4.78 is 6.81. The molecule has 0 aliphatic carbocycles. The zero-order chi connectivity index (χ0) is 22.0. The maximum absolute atomic E-state index is 12.5. The Kier molecular flexibility index (Phi) is 5.72. The molecule has 0 saturated carbocycles. The Morgan fingerprint density at radius 1 is 1.26 bits per heavy atom. The summed E-state index contributed by atoms with van der Waals surface area (Å²) in [5, 5.41) is 13.9. The molecule has 2 heterocycles. The third-order valence-electron chi connectivity index (χ3n) is 5.59. The van der Waals surface area contributed by atoms with E-state index in [0.29, 0.717) is 18.8 Å². The average Bonchev–Trinajstić information content (AvgIpc) is 3.10. The van der Waals surface area contributed by atoms with Crippen LogP contribution in [0, 0.1) is 10.1 Å². The first-order valence-corrected chi connectivity index (χ1v) is 10.00. The quantitative estimate of drug-likeness (QED) is 0.462. The van der Waals surface area contributed by atoms with Gasteiger partial charge >= 0.3 is 5.69 Å². The second-order valence-electron chi connectivity index (χ2n) is 7.51. The van der Waals surface area contributed by atoms with Crippen molar-refractivity contribution in [2.75, 3.05) is 32.1 Å². The molecule has 1 aromatic heterocycles. The predicted octanol–water partition coefficient (Wildman–Crippen LogP) is 2.52. The number of benzene rings is 2. The lowest BCUT2D eigenvalue weighted by atomic mass is 10.0. The summed E-state index contributed by atoms with van der Waals surface area (Å²) in [6.07, 6.45) is 1.47. The number of aromatic nitrogens is 2. The van der Waals surface area contributed by atoms with Crippen LogP contribution in [-0.4, -0.2) is 52.0 Å². The molecule has 0 spiro atoms. The number of carbonyl (C=O) groups excluding carboxylic acids is 1. The summed E-state index contributed by atoms with van der Waals surface area (Å²) in [5.74, 6) is 0.0234. The molecule has 10 nitrogen and oxygen atoms in total. The molecule has 31 heavy (non-hydrogen) atoms.